The number of carbonyl (C=O) groups excluding carboxylic acids is 1. The summed E-state index contributed by atoms with van der Waals surface area (Å²) in [6.07, 6.45) is 1.87. The number of rotatable bonds is 3. The Balaban J connectivity index is 2.50. The van der Waals surface area contributed by atoms with Gasteiger partial charge in [-0.25, -0.2) is 8.78 Å². The van der Waals surface area contributed by atoms with E-state index in [0.717, 1.165) is 12.1 Å². The van der Waals surface area contributed by atoms with Crippen LogP contribution in [-0.4, -0.2) is 5.78 Å². The first-order valence-corrected chi connectivity index (χ1v) is 6.09. The number of hydrogen-bond donors (Lipinski definition) is 0. The minimum Gasteiger partial charge on any atom is -0.469 e. The number of hydrogen-bond acceptors (Lipinski definition) is 2. The van der Waals surface area contributed by atoms with E-state index in [9.17, 15) is 13.6 Å². The van der Waals surface area contributed by atoms with Crippen molar-refractivity contribution >= 4 is 21.7 Å². The number of furan rings is 1. The van der Waals surface area contributed by atoms with Crippen LogP contribution >= 0.6 is 15.9 Å². The van der Waals surface area contributed by atoms with Gasteiger partial charge in [-0.05, 0) is 34.1 Å². The Kier molecular flexibility index (Phi) is 3.61. The van der Waals surface area contributed by atoms with Crippen molar-refractivity contribution < 1.29 is 18.0 Å². The highest BCUT2D eigenvalue weighted by Gasteiger charge is 2.20. The van der Waals surface area contributed by atoms with Gasteiger partial charge in [0.2, 0.25) is 0 Å². The summed E-state index contributed by atoms with van der Waals surface area (Å²) >= 11 is 2.86. The molecule has 0 aliphatic rings. The lowest BCUT2D eigenvalue weighted by Gasteiger charge is -2.04. The van der Waals surface area contributed by atoms with E-state index in [0.29, 0.717) is 12.2 Å². The molecular weight excluding hydrogens is 306 g/mol. The fraction of sp³-hybridized carbons (Fsp3) is 0.154. The highest BCUT2D eigenvalue weighted by Crippen LogP contribution is 2.23. The Bertz CT molecular complexity index is 605. The molecule has 2 rings (SSSR count). The van der Waals surface area contributed by atoms with Crippen LogP contribution in [0.3, 0.4) is 0 Å². The van der Waals surface area contributed by atoms with Crippen LogP contribution in [-0.2, 0) is 6.42 Å². The quantitative estimate of drug-likeness (QED) is 0.630. The SMILES string of the molecule is CCc1occc1C(=O)c1cc(F)c(Br)cc1F. The van der Waals surface area contributed by atoms with Gasteiger partial charge < -0.3 is 4.42 Å². The summed E-state index contributed by atoms with van der Waals surface area (Å²) in [5, 5.41) is 0. The highest BCUT2D eigenvalue weighted by molar-refractivity contribution is 9.10. The number of benzene rings is 1. The summed E-state index contributed by atoms with van der Waals surface area (Å²) in [6, 6.07) is 3.28. The molecule has 0 saturated heterocycles. The lowest BCUT2D eigenvalue weighted by atomic mass is 10.0. The molecule has 0 N–H and O–H groups in total. The molecular formula is C13H9BrF2O2. The fourth-order valence-electron chi connectivity index (χ4n) is 1.66. The maximum absolute atomic E-state index is 13.7. The van der Waals surface area contributed by atoms with Gasteiger partial charge in [-0.3, -0.25) is 4.79 Å². The zero-order chi connectivity index (χ0) is 13.3. The Hall–Kier alpha value is -1.49. The first-order chi connectivity index (χ1) is 8.54. The second-order valence-corrected chi connectivity index (χ2v) is 4.54. The Morgan fingerprint density at radius 3 is 2.67 bits per heavy atom. The fourth-order valence-corrected chi connectivity index (χ4v) is 1.97. The van der Waals surface area contributed by atoms with Crippen molar-refractivity contribution in [3.8, 4) is 0 Å². The molecule has 1 heterocycles. The van der Waals surface area contributed by atoms with E-state index in [4.69, 9.17) is 4.42 Å². The van der Waals surface area contributed by atoms with Crippen LogP contribution in [0.4, 0.5) is 8.78 Å². The van der Waals surface area contributed by atoms with Crippen LogP contribution < -0.4 is 0 Å². The summed E-state index contributed by atoms with van der Waals surface area (Å²) in [7, 11) is 0. The van der Waals surface area contributed by atoms with Crippen molar-refractivity contribution in [2.24, 2.45) is 0 Å². The van der Waals surface area contributed by atoms with Gasteiger partial charge in [0.1, 0.15) is 17.4 Å². The molecule has 0 spiro atoms. The monoisotopic (exact) mass is 314 g/mol. The molecule has 0 fully saturated rings. The van der Waals surface area contributed by atoms with E-state index in [2.05, 4.69) is 15.9 Å². The lowest BCUT2D eigenvalue weighted by Crippen LogP contribution is -2.06. The molecule has 0 amide bonds. The van der Waals surface area contributed by atoms with Gasteiger partial charge in [0, 0.05) is 6.42 Å². The van der Waals surface area contributed by atoms with Crippen molar-refractivity contribution in [2.75, 3.05) is 0 Å². The van der Waals surface area contributed by atoms with Crippen molar-refractivity contribution in [1.29, 1.82) is 0 Å². The van der Waals surface area contributed by atoms with Crippen molar-refractivity contribution in [3.63, 3.8) is 0 Å². The topological polar surface area (TPSA) is 30.2 Å². The average molecular weight is 315 g/mol. The zero-order valence-electron chi connectivity index (χ0n) is 9.47. The summed E-state index contributed by atoms with van der Waals surface area (Å²) < 4.78 is 32.1. The second kappa shape index (κ2) is 5.02. The van der Waals surface area contributed by atoms with Crippen LogP contribution in [0.15, 0.2) is 33.4 Å². The maximum atomic E-state index is 13.7. The predicted molar refractivity (Wildman–Crippen MR) is 65.6 cm³/mol. The second-order valence-electron chi connectivity index (χ2n) is 3.69. The minimum atomic E-state index is -0.767. The summed E-state index contributed by atoms with van der Waals surface area (Å²) in [5.74, 6) is -1.56. The van der Waals surface area contributed by atoms with Gasteiger partial charge in [-0.2, -0.15) is 0 Å². The molecule has 5 heteroatoms. The summed E-state index contributed by atoms with van der Waals surface area (Å²) in [6.45, 7) is 1.81. The van der Waals surface area contributed by atoms with Crippen LogP contribution in [0, 0.1) is 11.6 Å². The first-order valence-electron chi connectivity index (χ1n) is 5.30. The standard InChI is InChI=1S/C13H9BrF2O2/c1-2-12-7(3-4-18-12)13(17)8-5-11(16)9(14)6-10(8)15/h3-6H,2H2,1H3. The van der Waals surface area contributed by atoms with Crippen molar-refractivity contribution in [2.45, 2.75) is 13.3 Å². The van der Waals surface area contributed by atoms with Crippen LogP contribution in [0.1, 0.15) is 28.6 Å². The van der Waals surface area contributed by atoms with Crippen molar-refractivity contribution in [1.82, 2.24) is 0 Å². The van der Waals surface area contributed by atoms with Gasteiger partial charge in [-0.15, -0.1) is 0 Å². The molecule has 2 aromatic rings. The third kappa shape index (κ3) is 2.22. The molecule has 0 aliphatic heterocycles. The molecule has 0 radical (unpaired) electrons. The molecule has 0 atom stereocenters. The van der Waals surface area contributed by atoms with E-state index in [-0.39, 0.29) is 15.6 Å². The van der Waals surface area contributed by atoms with E-state index < -0.39 is 17.4 Å². The minimum absolute atomic E-state index is 0.0144. The van der Waals surface area contributed by atoms with Gasteiger partial charge >= 0.3 is 0 Å². The van der Waals surface area contributed by atoms with E-state index in [1.807, 2.05) is 6.92 Å². The molecule has 0 aliphatic carbocycles. The Labute approximate surface area is 111 Å². The van der Waals surface area contributed by atoms with E-state index >= 15 is 0 Å². The molecule has 2 nitrogen and oxygen atoms in total. The molecule has 0 bridgehead atoms. The van der Waals surface area contributed by atoms with Gasteiger partial charge in [-0.1, -0.05) is 6.92 Å². The molecule has 0 unspecified atom stereocenters. The van der Waals surface area contributed by atoms with Crippen LogP contribution in [0.5, 0.6) is 0 Å². The Morgan fingerprint density at radius 2 is 2.00 bits per heavy atom. The number of aryl methyl sites for hydroxylation is 1. The molecule has 1 aromatic heterocycles. The number of carbonyl (C=O) groups is 1. The average Bonchev–Trinajstić information content (AvgIpc) is 2.81. The predicted octanol–water partition coefficient (Wildman–Crippen LogP) is 4.11. The third-order valence-electron chi connectivity index (χ3n) is 2.57. The maximum Gasteiger partial charge on any atom is 0.199 e. The van der Waals surface area contributed by atoms with Gasteiger partial charge in [0.05, 0.1) is 21.9 Å². The zero-order valence-corrected chi connectivity index (χ0v) is 11.1. The smallest absolute Gasteiger partial charge is 0.199 e. The highest BCUT2D eigenvalue weighted by atomic mass is 79.9. The number of ketones is 1. The third-order valence-corrected chi connectivity index (χ3v) is 3.17. The first kappa shape index (κ1) is 13.0. The molecule has 0 saturated carbocycles. The Morgan fingerprint density at radius 1 is 1.28 bits per heavy atom. The number of halogens is 3. The molecule has 18 heavy (non-hydrogen) atoms. The lowest BCUT2D eigenvalue weighted by molar-refractivity contribution is 0.103. The van der Waals surface area contributed by atoms with E-state index in [1.165, 1.54) is 12.3 Å². The van der Waals surface area contributed by atoms with Crippen LogP contribution in [0.2, 0.25) is 0 Å². The van der Waals surface area contributed by atoms with Gasteiger partial charge in [0.25, 0.3) is 0 Å². The summed E-state index contributed by atoms with van der Waals surface area (Å²) in [5.41, 5.74) is -0.0371. The van der Waals surface area contributed by atoms with Crippen LogP contribution in [0.25, 0.3) is 0 Å². The molecule has 94 valence electrons. The van der Waals surface area contributed by atoms with E-state index in [1.54, 1.807) is 0 Å². The molecule has 1 aromatic carbocycles. The summed E-state index contributed by atoms with van der Waals surface area (Å²) in [4.78, 5) is 12.1. The largest absolute Gasteiger partial charge is 0.469 e. The van der Waals surface area contributed by atoms with Crippen molar-refractivity contribution in [3.05, 3.63) is 57.5 Å². The van der Waals surface area contributed by atoms with Gasteiger partial charge in [0.15, 0.2) is 5.78 Å². The normalized spacial score (nSPS) is 10.7.